The fraction of sp³-hybridized carbons (Fsp3) is 0.400. The van der Waals surface area contributed by atoms with Gasteiger partial charge in [0.25, 0.3) is 0 Å². The van der Waals surface area contributed by atoms with Crippen molar-refractivity contribution in [2.24, 2.45) is 0 Å². The molecule has 5 heteroatoms. The molecule has 0 amide bonds. The van der Waals surface area contributed by atoms with Crippen LogP contribution in [0.4, 0.5) is 14.5 Å². The average molecular weight is 477 g/mol. The maximum Gasteiger partial charge on any atom is 0.123 e. The molecule has 2 aliphatic rings. The molecule has 0 radical (unpaired) electrons. The largest absolute Gasteiger partial charge is 0.399 e. The number of ether oxygens (including phenoxy) is 1. The van der Waals surface area contributed by atoms with Crippen LogP contribution in [0.5, 0.6) is 0 Å². The van der Waals surface area contributed by atoms with Crippen molar-refractivity contribution in [2.45, 2.75) is 69.2 Å². The molecule has 0 saturated carbocycles. The van der Waals surface area contributed by atoms with Gasteiger partial charge in [-0.15, -0.1) is 0 Å². The summed E-state index contributed by atoms with van der Waals surface area (Å²) in [4.78, 5) is 2.70. The van der Waals surface area contributed by atoms with Crippen LogP contribution in [0.1, 0.15) is 61.3 Å². The third-order valence-electron chi connectivity index (χ3n) is 7.63. The molecular weight excluding hydrogens is 442 g/mol. The van der Waals surface area contributed by atoms with Crippen molar-refractivity contribution in [3.05, 3.63) is 101 Å². The van der Waals surface area contributed by atoms with Gasteiger partial charge in [-0.05, 0) is 105 Å². The van der Waals surface area contributed by atoms with Gasteiger partial charge in [0.2, 0.25) is 0 Å². The number of halogens is 2. The number of benzene rings is 3. The average Bonchev–Trinajstić information content (AvgIpc) is 3.10. The van der Waals surface area contributed by atoms with E-state index in [-0.39, 0.29) is 23.8 Å². The fourth-order valence-electron chi connectivity index (χ4n) is 5.83. The van der Waals surface area contributed by atoms with E-state index in [9.17, 15) is 8.78 Å². The molecule has 0 aliphatic carbocycles. The highest BCUT2D eigenvalue weighted by molar-refractivity contribution is 5.39. The number of hydrogen-bond acceptors (Lipinski definition) is 3. The Bertz CT molecular complexity index is 1030. The zero-order valence-electron chi connectivity index (χ0n) is 20.1. The van der Waals surface area contributed by atoms with Crippen LogP contribution >= 0.6 is 0 Å². The van der Waals surface area contributed by atoms with E-state index in [2.05, 4.69) is 17.0 Å². The van der Waals surface area contributed by atoms with Gasteiger partial charge in [-0.1, -0.05) is 36.4 Å². The smallest absolute Gasteiger partial charge is 0.123 e. The summed E-state index contributed by atoms with van der Waals surface area (Å²) in [6.07, 6.45) is 7.73. The van der Waals surface area contributed by atoms with E-state index in [0.29, 0.717) is 12.1 Å². The summed E-state index contributed by atoms with van der Waals surface area (Å²) >= 11 is 0. The second-order valence-corrected chi connectivity index (χ2v) is 10.0. The Labute approximate surface area is 206 Å². The highest BCUT2D eigenvalue weighted by Crippen LogP contribution is 2.40. The minimum atomic E-state index is -0.327. The van der Waals surface area contributed by atoms with Crippen LogP contribution in [-0.4, -0.2) is 29.6 Å². The standard InChI is InChI=1S/C30H34F2N2O/c31-24-10-6-22(7-11-24)30(23-8-12-25(32)13-9-23)35-29-19-27-16-17-28(20-29)34(27)18-2-1-3-21-4-14-26(33)15-5-21/h4-15,27-30H,1-3,16-20,33H2/t27-,28+,29?. The lowest BCUT2D eigenvalue weighted by Gasteiger charge is -2.40. The second-order valence-electron chi connectivity index (χ2n) is 10.0. The summed E-state index contributed by atoms with van der Waals surface area (Å²) in [6.45, 7) is 1.14. The predicted octanol–water partition coefficient (Wildman–Crippen LogP) is 6.67. The summed E-state index contributed by atoms with van der Waals surface area (Å²) < 4.78 is 33.8. The van der Waals surface area contributed by atoms with Gasteiger partial charge in [-0.2, -0.15) is 0 Å². The lowest BCUT2D eigenvalue weighted by atomic mass is 9.96. The first-order valence-electron chi connectivity index (χ1n) is 12.8. The molecule has 2 aliphatic heterocycles. The number of rotatable bonds is 9. The molecule has 2 heterocycles. The van der Waals surface area contributed by atoms with E-state index in [1.807, 2.05) is 12.1 Å². The summed E-state index contributed by atoms with van der Waals surface area (Å²) in [7, 11) is 0. The molecule has 3 aromatic rings. The number of nitrogens with zero attached hydrogens (tertiary/aromatic N) is 1. The van der Waals surface area contributed by atoms with Crippen molar-refractivity contribution in [1.29, 1.82) is 0 Å². The van der Waals surface area contributed by atoms with E-state index < -0.39 is 0 Å². The molecular formula is C30H34F2N2O. The SMILES string of the molecule is Nc1ccc(CCCCN2[C@@H]3CC[C@H]2CC(OC(c2ccc(F)cc2)c2ccc(F)cc2)C3)cc1. The number of piperidine rings is 1. The van der Waals surface area contributed by atoms with E-state index in [1.54, 1.807) is 24.3 Å². The highest BCUT2D eigenvalue weighted by atomic mass is 19.1. The first-order valence-corrected chi connectivity index (χ1v) is 12.8. The molecule has 3 aromatic carbocycles. The first-order chi connectivity index (χ1) is 17.0. The summed E-state index contributed by atoms with van der Waals surface area (Å²) in [6, 6.07) is 22.3. The summed E-state index contributed by atoms with van der Waals surface area (Å²) in [5.41, 5.74) is 9.75. The van der Waals surface area contributed by atoms with Gasteiger partial charge in [0, 0.05) is 17.8 Å². The van der Waals surface area contributed by atoms with Crippen molar-refractivity contribution >= 4 is 5.69 Å². The molecule has 2 fully saturated rings. The molecule has 0 spiro atoms. The lowest BCUT2D eigenvalue weighted by Crippen LogP contribution is -2.46. The quantitative estimate of drug-likeness (QED) is 0.277. The summed E-state index contributed by atoms with van der Waals surface area (Å²) in [5.74, 6) is -0.538. The second kappa shape index (κ2) is 10.9. The minimum Gasteiger partial charge on any atom is -0.399 e. The number of nitrogen functional groups attached to an aromatic ring is 1. The van der Waals surface area contributed by atoms with E-state index in [1.165, 1.54) is 55.5 Å². The third kappa shape index (κ3) is 5.91. The predicted molar refractivity (Wildman–Crippen MR) is 136 cm³/mol. The molecule has 1 unspecified atom stereocenters. The number of hydrogen-bond donors (Lipinski definition) is 1. The first kappa shape index (κ1) is 24.0. The van der Waals surface area contributed by atoms with Crippen molar-refractivity contribution in [2.75, 3.05) is 12.3 Å². The van der Waals surface area contributed by atoms with E-state index in [4.69, 9.17) is 10.5 Å². The van der Waals surface area contributed by atoms with Crippen LogP contribution in [0.25, 0.3) is 0 Å². The van der Waals surface area contributed by atoms with Gasteiger partial charge in [0.05, 0.1) is 6.10 Å². The Hall–Kier alpha value is -2.76. The maximum absolute atomic E-state index is 13.6. The number of anilines is 1. The van der Waals surface area contributed by atoms with Crippen molar-refractivity contribution < 1.29 is 13.5 Å². The van der Waals surface area contributed by atoms with E-state index >= 15 is 0 Å². The zero-order valence-corrected chi connectivity index (χ0v) is 20.1. The number of nitrogens with two attached hydrogens (primary N) is 1. The molecule has 2 bridgehead atoms. The van der Waals surface area contributed by atoms with Crippen LogP contribution in [0.3, 0.4) is 0 Å². The van der Waals surface area contributed by atoms with Crippen LogP contribution in [0, 0.1) is 11.6 Å². The van der Waals surface area contributed by atoms with Gasteiger partial charge < -0.3 is 10.5 Å². The Kier molecular flexibility index (Phi) is 7.45. The minimum absolute atomic E-state index is 0.138. The van der Waals surface area contributed by atoms with Gasteiger partial charge >= 0.3 is 0 Å². The van der Waals surface area contributed by atoms with Gasteiger partial charge in [0.15, 0.2) is 0 Å². The normalized spacial score (nSPS) is 22.1. The molecule has 184 valence electrons. The van der Waals surface area contributed by atoms with Crippen LogP contribution in [0.15, 0.2) is 72.8 Å². The maximum atomic E-state index is 13.6. The molecule has 3 atom stereocenters. The van der Waals surface area contributed by atoms with Crippen molar-refractivity contribution in [3.8, 4) is 0 Å². The molecule has 35 heavy (non-hydrogen) atoms. The number of fused-ring (bicyclic) bond motifs is 2. The number of aryl methyl sites for hydroxylation is 1. The number of unbranched alkanes of at least 4 members (excludes halogenated alkanes) is 1. The molecule has 0 aromatic heterocycles. The van der Waals surface area contributed by atoms with Crippen LogP contribution in [0.2, 0.25) is 0 Å². The highest BCUT2D eigenvalue weighted by Gasteiger charge is 2.41. The Morgan fingerprint density at radius 3 is 1.86 bits per heavy atom. The Morgan fingerprint density at radius 2 is 1.31 bits per heavy atom. The van der Waals surface area contributed by atoms with Gasteiger partial charge in [-0.3, -0.25) is 4.90 Å². The molecule has 3 nitrogen and oxygen atoms in total. The Morgan fingerprint density at radius 1 is 0.771 bits per heavy atom. The fourth-order valence-corrected chi connectivity index (χ4v) is 5.83. The molecule has 2 saturated heterocycles. The summed E-state index contributed by atoms with van der Waals surface area (Å²) in [5, 5.41) is 0. The third-order valence-corrected chi connectivity index (χ3v) is 7.63. The van der Waals surface area contributed by atoms with E-state index in [0.717, 1.165) is 42.6 Å². The van der Waals surface area contributed by atoms with Crippen molar-refractivity contribution in [1.82, 2.24) is 4.90 Å². The topological polar surface area (TPSA) is 38.5 Å². The van der Waals surface area contributed by atoms with Gasteiger partial charge in [0.1, 0.15) is 17.7 Å². The Balaban J connectivity index is 1.19. The van der Waals surface area contributed by atoms with Gasteiger partial charge in [-0.25, -0.2) is 8.78 Å². The van der Waals surface area contributed by atoms with Crippen molar-refractivity contribution in [3.63, 3.8) is 0 Å². The lowest BCUT2D eigenvalue weighted by molar-refractivity contribution is -0.0484. The molecule has 2 N–H and O–H groups in total. The van der Waals surface area contributed by atoms with Crippen LogP contribution < -0.4 is 5.73 Å². The monoisotopic (exact) mass is 476 g/mol. The molecule has 5 rings (SSSR count). The zero-order chi connectivity index (χ0) is 24.2. The van der Waals surface area contributed by atoms with Crippen LogP contribution in [-0.2, 0) is 11.2 Å².